The third-order valence-corrected chi connectivity index (χ3v) is 3.31. The van der Waals surface area contributed by atoms with Gasteiger partial charge in [0.2, 0.25) is 5.91 Å². The third-order valence-electron chi connectivity index (χ3n) is 3.31. The average Bonchev–Trinajstić information content (AvgIpc) is 2.16. The molecule has 0 aromatic carbocycles. The second kappa shape index (κ2) is 6.11. The molecule has 1 atom stereocenters. The maximum Gasteiger partial charge on any atom is 0.239 e. The summed E-state index contributed by atoms with van der Waals surface area (Å²) in [4.78, 5) is 13.9. The van der Waals surface area contributed by atoms with E-state index < -0.39 is 0 Å². The first kappa shape index (κ1) is 12.5. The molecule has 1 aliphatic rings. The molecule has 0 aromatic rings. The maximum atomic E-state index is 11.9. The Labute approximate surface area is 93.0 Å². The summed E-state index contributed by atoms with van der Waals surface area (Å²) in [6.07, 6.45) is 5.69. The normalized spacial score (nSPS) is 18.3. The third kappa shape index (κ3) is 3.49. The molecule has 0 saturated heterocycles. The molecule has 1 unspecified atom stereocenters. The van der Waals surface area contributed by atoms with Crippen LogP contribution in [0.25, 0.3) is 0 Å². The zero-order valence-electron chi connectivity index (χ0n) is 10.0. The fourth-order valence-electron chi connectivity index (χ4n) is 2.03. The van der Waals surface area contributed by atoms with Gasteiger partial charge in [-0.3, -0.25) is 4.79 Å². The van der Waals surface area contributed by atoms with E-state index in [1.807, 2.05) is 11.8 Å². The van der Waals surface area contributed by atoms with Gasteiger partial charge in [-0.2, -0.15) is 0 Å². The van der Waals surface area contributed by atoms with Gasteiger partial charge in [0.1, 0.15) is 0 Å². The van der Waals surface area contributed by atoms with Gasteiger partial charge in [0.25, 0.3) is 0 Å². The molecule has 1 aliphatic carbocycles. The van der Waals surface area contributed by atoms with Crippen molar-refractivity contribution >= 4 is 5.91 Å². The van der Waals surface area contributed by atoms with E-state index >= 15 is 0 Å². The number of rotatable bonds is 6. The van der Waals surface area contributed by atoms with Crippen LogP contribution in [0.2, 0.25) is 0 Å². The van der Waals surface area contributed by atoms with Gasteiger partial charge in [-0.15, -0.1) is 0 Å². The quantitative estimate of drug-likeness (QED) is 0.729. The number of carbonyl (C=O) groups is 1. The van der Waals surface area contributed by atoms with Crippen LogP contribution >= 0.6 is 0 Å². The van der Waals surface area contributed by atoms with E-state index in [1.54, 1.807) is 0 Å². The lowest BCUT2D eigenvalue weighted by Gasteiger charge is -2.33. The highest BCUT2D eigenvalue weighted by Crippen LogP contribution is 2.27. The van der Waals surface area contributed by atoms with Crippen LogP contribution < -0.4 is 5.73 Å². The van der Waals surface area contributed by atoms with Crippen LogP contribution in [0.4, 0.5) is 0 Å². The minimum absolute atomic E-state index is 0.145. The highest BCUT2D eigenvalue weighted by molar-refractivity contribution is 5.81. The van der Waals surface area contributed by atoms with Gasteiger partial charge in [-0.1, -0.05) is 19.8 Å². The van der Waals surface area contributed by atoms with Crippen LogP contribution in [0.5, 0.6) is 0 Å². The fourth-order valence-corrected chi connectivity index (χ4v) is 2.03. The molecular formula is C12H24N2O. The minimum atomic E-state index is -0.282. The van der Waals surface area contributed by atoms with Gasteiger partial charge in [-0.25, -0.2) is 0 Å². The molecule has 1 fully saturated rings. The van der Waals surface area contributed by atoms with E-state index in [1.165, 1.54) is 19.3 Å². The molecule has 1 rings (SSSR count). The number of nitrogens with two attached hydrogens (primary N) is 1. The number of amides is 1. The molecule has 88 valence electrons. The lowest BCUT2D eigenvalue weighted by molar-refractivity contribution is -0.133. The van der Waals surface area contributed by atoms with Crippen LogP contribution in [-0.4, -0.2) is 29.9 Å². The highest BCUT2D eigenvalue weighted by Gasteiger charge is 2.25. The molecule has 0 spiro atoms. The molecule has 15 heavy (non-hydrogen) atoms. The van der Waals surface area contributed by atoms with Crippen molar-refractivity contribution in [2.24, 2.45) is 11.7 Å². The van der Waals surface area contributed by atoms with E-state index in [4.69, 9.17) is 5.73 Å². The summed E-state index contributed by atoms with van der Waals surface area (Å²) in [5.41, 5.74) is 5.85. The van der Waals surface area contributed by atoms with Crippen LogP contribution in [0.1, 0.15) is 46.0 Å². The van der Waals surface area contributed by atoms with Gasteiger partial charge in [0, 0.05) is 13.1 Å². The van der Waals surface area contributed by atoms with Gasteiger partial charge in [-0.05, 0) is 32.1 Å². The Morgan fingerprint density at radius 2 is 2.13 bits per heavy atom. The van der Waals surface area contributed by atoms with Crippen LogP contribution in [0.3, 0.4) is 0 Å². The Morgan fingerprint density at radius 3 is 2.53 bits per heavy atom. The minimum Gasteiger partial charge on any atom is -0.341 e. The monoisotopic (exact) mass is 212 g/mol. The van der Waals surface area contributed by atoms with Crippen molar-refractivity contribution in [1.82, 2.24) is 4.90 Å². The Bertz CT molecular complexity index is 202. The Balaban J connectivity index is 2.37. The predicted molar refractivity (Wildman–Crippen MR) is 62.5 cm³/mol. The summed E-state index contributed by atoms with van der Waals surface area (Å²) in [5.74, 6) is 0.883. The molecule has 0 bridgehead atoms. The lowest BCUT2D eigenvalue weighted by Crippen LogP contribution is -2.46. The van der Waals surface area contributed by atoms with E-state index in [0.29, 0.717) is 0 Å². The van der Waals surface area contributed by atoms with Crippen LogP contribution in [0, 0.1) is 5.92 Å². The van der Waals surface area contributed by atoms with Crippen LogP contribution in [0.15, 0.2) is 0 Å². The van der Waals surface area contributed by atoms with Crippen molar-refractivity contribution < 1.29 is 4.79 Å². The summed E-state index contributed by atoms with van der Waals surface area (Å²) in [5, 5.41) is 0. The second-order valence-corrected chi connectivity index (χ2v) is 4.57. The number of carbonyl (C=O) groups excluding carboxylic acids is 1. The number of hydrogen-bond acceptors (Lipinski definition) is 2. The molecule has 3 heteroatoms. The zero-order valence-corrected chi connectivity index (χ0v) is 10.0. The molecule has 3 nitrogen and oxygen atoms in total. The fraction of sp³-hybridized carbons (Fsp3) is 0.917. The summed E-state index contributed by atoms with van der Waals surface area (Å²) in [7, 11) is 0. The van der Waals surface area contributed by atoms with Gasteiger partial charge in [0.05, 0.1) is 6.04 Å². The van der Waals surface area contributed by atoms with Crippen molar-refractivity contribution in [3.8, 4) is 0 Å². The lowest BCUT2D eigenvalue weighted by atomic mass is 9.85. The van der Waals surface area contributed by atoms with Crippen molar-refractivity contribution in [2.75, 3.05) is 13.1 Å². The van der Waals surface area contributed by atoms with Crippen molar-refractivity contribution in [3.63, 3.8) is 0 Å². The Kier molecular flexibility index (Phi) is 5.09. The Hall–Kier alpha value is -0.570. The summed E-state index contributed by atoms with van der Waals surface area (Å²) in [6.45, 7) is 5.82. The summed E-state index contributed by atoms with van der Waals surface area (Å²) >= 11 is 0. The molecule has 0 heterocycles. The van der Waals surface area contributed by atoms with Crippen molar-refractivity contribution in [3.05, 3.63) is 0 Å². The molecule has 0 aromatic heterocycles. The molecule has 1 amide bonds. The highest BCUT2D eigenvalue weighted by atomic mass is 16.2. The van der Waals surface area contributed by atoms with Gasteiger partial charge >= 0.3 is 0 Å². The van der Waals surface area contributed by atoms with Crippen LogP contribution in [-0.2, 0) is 4.79 Å². The van der Waals surface area contributed by atoms with Gasteiger partial charge in [0.15, 0.2) is 0 Å². The zero-order chi connectivity index (χ0) is 11.3. The first-order valence-corrected chi connectivity index (χ1v) is 6.23. The number of nitrogens with zero attached hydrogens (tertiary/aromatic N) is 1. The molecule has 0 aliphatic heterocycles. The standard InChI is InChI=1S/C12H24N2O/c1-3-6-11(13)12(15)14(4-2)9-10-7-5-8-10/h10-11H,3-9,13H2,1-2H3. The van der Waals surface area contributed by atoms with E-state index in [0.717, 1.165) is 31.8 Å². The van der Waals surface area contributed by atoms with Gasteiger partial charge < -0.3 is 10.6 Å². The largest absolute Gasteiger partial charge is 0.341 e. The summed E-state index contributed by atoms with van der Waals surface area (Å²) < 4.78 is 0. The second-order valence-electron chi connectivity index (χ2n) is 4.57. The van der Waals surface area contributed by atoms with E-state index in [2.05, 4.69) is 6.92 Å². The first-order valence-electron chi connectivity index (χ1n) is 6.23. The van der Waals surface area contributed by atoms with E-state index in [-0.39, 0.29) is 11.9 Å². The average molecular weight is 212 g/mol. The first-order chi connectivity index (χ1) is 7.19. The molecular weight excluding hydrogens is 188 g/mol. The topological polar surface area (TPSA) is 46.3 Å². The van der Waals surface area contributed by atoms with Crippen molar-refractivity contribution in [1.29, 1.82) is 0 Å². The molecule has 0 radical (unpaired) electrons. The smallest absolute Gasteiger partial charge is 0.239 e. The number of hydrogen-bond donors (Lipinski definition) is 1. The molecule has 1 saturated carbocycles. The Morgan fingerprint density at radius 1 is 1.47 bits per heavy atom. The van der Waals surface area contributed by atoms with E-state index in [9.17, 15) is 4.79 Å². The SMILES string of the molecule is CCCC(N)C(=O)N(CC)CC1CCC1. The van der Waals surface area contributed by atoms with Crippen molar-refractivity contribution in [2.45, 2.75) is 52.0 Å². The maximum absolute atomic E-state index is 11.9. The number of likely N-dealkylation sites (N-methyl/N-ethyl adjacent to an activating group) is 1. The summed E-state index contributed by atoms with van der Waals surface area (Å²) in [6, 6.07) is -0.282. The predicted octanol–water partition coefficient (Wildman–Crippen LogP) is 1.76. The molecule has 2 N–H and O–H groups in total.